The number of carbonyl (C=O) groups is 1. The number of ether oxygens (including phenoxy) is 1. The Bertz CT molecular complexity index is 781. The Morgan fingerprint density at radius 2 is 1.68 bits per heavy atom. The van der Waals surface area contributed by atoms with E-state index in [1.807, 2.05) is 73.9 Å². The number of amides is 1. The van der Waals surface area contributed by atoms with Crippen LogP contribution in [0.25, 0.3) is 0 Å². The van der Waals surface area contributed by atoms with Crippen LogP contribution < -0.4 is 10.1 Å². The van der Waals surface area contributed by atoms with E-state index in [0.29, 0.717) is 13.0 Å². The third kappa shape index (κ3) is 4.51. The van der Waals surface area contributed by atoms with Crippen LogP contribution in [0, 0.1) is 0 Å². The Labute approximate surface area is 148 Å². The molecule has 3 rings (SSSR count). The predicted octanol–water partition coefficient (Wildman–Crippen LogP) is 4.51. The van der Waals surface area contributed by atoms with Crippen molar-refractivity contribution in [1.82, 2.24) is 4.57 Å². The lowest BCUT2D eigenvalue weighted by Gasteiger charge is -2.19. The Hall–Kier alpha value is -3.01. The lowest BCUT2D eigenvalue weighted by atomic mass is 10.0. The van der Waals surface area contributed by atoms with Gasteiger partial charge in [-0.2, -0.15) is 0 Å². The van der Waals surface area contributed by atoms with Crippen LogP contribution in [0.3, 0.4) is 0 Å². The molecule has 0 aliphatic carbocycles. The largest absolute Gasteiger partial charge is 0.494 e. The minimum Gasteiger partial charge on any atom is -0.494 e. The molecule has 1 heterocycles. The summed E-state index contributed by atoms with van der Waals surface area (Å²) in [6.45, 7) is 2.57. The van der Waals surface area contributed by atoms with Gasteiger partial charge in [0, 0.05) is 18.1 Å². The molecule has 1 N–H and O–H groups in total. The molecule has 0 saturated carbocycles. The number of anilines is 1. The molecule has 0 bridgehead atoms. The number of hydrogen-bond acceptors (Lipinski definition) is 2. The molecule has 0 saturated heterocycles. The zero-order chi connectivity index (χ0) is 17.5. The van der Waals surface area contributed by atoms with Crippen molar-refractivity contribution in [3.63, 3.8) is 0 Å². The molecule has 4 nitrogen and oxygen atoms in total. The monoisotopic (exact) mass is 334 g/mol. The van der Waals surface area contributed by atoms with Crippen molar-refractivity contribution in [3.05, 3.63) is 84.7 Å². The molecule has 25 heavy (non-hydrogen) atoms. The number of hydrogen-bond donors (Lipinski definition) is 1. The van der Waals surface area contributed by atoms with E-state index in [9.17, 15) is 4.79 Å². The summed E-state index contributed by atoms with van der Waals surface area (Å²) in [5.41, 5.74) is 1.88. The van der Waals surface area contributed by atoms with Gasteiger partial charge in [-0.3, -0.25) is 4.79 Å². The van der Waals surface area contributed by atoms with Gasteiger partial charge in [-0.15, -0.1) is 0 Å². The van der Waals surface area contributed by atoms with Crippen molar-refractivity contribution >= 4 is 11.6 Å². The van der Waals surface area contributed by atoms with E-state index in [0.717, 1.165) is 17.0 Å². The fraction of sp³-hybridized carbons (Fsp3) is 0.190. The number of benzene rings is 2. The van der Waals surface area contributed by atoms with Gasteiger partial charge >= 0.3 is 0 Å². The van der Waals surface area contributed by atoms with Crippen molar-refractivity contribution < 1.29 is 9.53 Å². The molecule has 1 amide bonds. The summed E-state index contributed by atoms with van der Waals surface area (Å²) in [5, 5.41) is 2.97. The summed E-state index contributed by atoms with van der Waals surface area (Å²) in [6.07, 6.45) is 4.34. The zero-order valence-electron chi connectivity index (χ0n) is 14.3. The molecule has 0 spiro atoms. The highest BCUT2D eigenvalue weighted by molar-refractivity contribution is 5.91. The number of nitrogens with one attached hydrogen (secondary N) is 1. The normalized spacial score (nSPS) is 11.7. The van der Waals surface area contributed by atoms with Crippen LogP contribution in [-0.4, -0.2) is 17.1 Å². The van der Waals surface area contributed by atoms with Gasteiger partial charge in [-0.1, -0.05) is 30.3 Å². The highest BCUT2D eigenvalue weighted by atomic mass is 16.5. The lowest BCUT2D eigenvalue weighted by Crippen LogP contribution is -2.19. The summed E-state index contributed by atoms with van der Waals surface area (Å²) in [7, 11) is 0. The zero-order valence-corrected chi connectivity index (χ0v) is 14.3. The van der Waals surface area contributed by atoms with E-state index in [1.165, 1.54) is 0 Å². The third-order valence-corrected chi connectivity index (χ3v) is 4.00. The molecule has 0 aliphatic heterocycles. The molecule has 0 radical (unpaired) electrons. The van der Waals surface area contributed by atoms with Crippen LogP contribution in [0.5, 0.6) is 5.75 Å². The SMILES string of the molecule is CCOc1ccc(NC(=O)CC(c2ccccc2)n2cccc2)cc1. The third-order valence-electron chi connectivity index (χ3n) is 4.00. The first kappa shape index (κ1) is 16.8. The smallest absolute Gasteiger partial charge is 0.226 e. The van der Waals surface area contributed by atoms with Gasteiger partial charge in [0.2, 0.25) is 5.91 Å². The Balaban J connectivity index is 1.70. The molecule has 1 atom stereocenters. The average Bonchev–Trinajstić information content (AvgIpc) is 3.17. The predicted molar refractivity (Wildman–Crippen MR) is 99.9 cm³/mol. The van der Waals surface area contributed by atoms with Gasteiger partial charge in [-0.05, 0) is 48.9 Å². The molecule has 3 aromatic rings. The maximum Gasteiger partial charge on any atom is 0.226 e. The van der Waals surface area contributed by atoms with Crippen molar-refractivity contribution in [2.75, 3.05) is 11.9 Å². The Morgan fingerprint density at radius 3 is 2.32 bits per heavy atom. The molecule has 0 fully saturated rings. The maximum atomic E-state index is 12.5. The van der Waals surface area contributed by atoms with Crippen LogP contribution in [0.4, 0.5) is 5.69 Å². The standard InChI is InChI=1S/C21H22N2O2/c1-2-25-19-12-10-18(11-13-19)22-21(24)16-20(23-14-6-7-15-23)17-8-4-3-5-9-17/h3-15,20H,2,16H2,1H3,(H,22,24). The minimum atomic E-state index is -0.0288. The van der Waals surface area contributed by atoms with Gasteiger partial charge in [0.05, 0.1) is 19.1 Å². The van der Waals surface area contributed by atoms with Crippen LogP contribution in [-0.2, 0) is 4.79 Å². The minimum absolute atomic E-state index is 0.0216. The molecule has 0 aliphatic rings. The molecule has 1 aromatic heterocycles. The van der Waals surface area contributed by atoms with Gasteiger partial charge in [0.15, 0.2) is 0 Å². The van der Waals surface area contributed by atoms with Crippen LogP contribution in [0.15, 0.2) is 79.1 Å². The average molecular weight is 334 g/mol. The van der Waals surface area contributed by atoms with Gasteiger partial charge in [-0.25, -0.2) is 0 Å². The topological polar surface area (TPSA) is 43.3 Å². The van der Waals surface area contributed by atoms with E-state index < -0.39 is 0 Å². The summed E-state index contributed by atoms with van der Waals surface area (Å²) >= 11 is 0. The number of carbonyl (C=O) groups excluding carboxylic acids is 1. The molecule has 4 heteroatoms. The van der Waals surface area contributed by atoms with E-state index in [4.69, 9.17) is 4.74 Å². The fourth-order valence-corrected chi connectivity index (χ4v) is 2.81. The van der Waals surface area contributed by atoms with Gasteiger partial charge < -0.3 is 14.6 Å². The van der Waals surface area contributed by atoms with E-state index in [2.05, 4.69) is 22.0 Å². The molecule has 1 unspecified atom stereocenters. The maximum absolute atomic E-state index is 12.5. The van der Waals surface area contributed by atoms with E-state index >= 15 is 0 Å². The number of aromatic nitrogens is 1. The van der Waals surface area contributed by atoms with Crippen LogP contribution in [0.2, 0.25) is 0 Å². The Kier molecular flexibility index (Phi) is 5.52. The van der Waals surface area contributed by atoms with E-state index in [1.54, 1.807) is 0 Å². The van der Waals surface area contributed by atoms with Crippen LogP contribution in [0.1, 0.15) is 24.9 Å². The number of nitrogens with zero attached hydrogens (tertiary/aromatic N) is 1. The van der Waals surface area contributed by atoms with E-state index in [-0.39, 0.29) is 11.9 Å². The highest BCUT2D eigenvalue weighted by Crippen LogP contribution is 2.23. The second kappa shape index (κ2) is 8.20. The summed E-state index contributed by atoms with van der Waals surface area (Å²) in [6, 6.07) is 21.4. The molecule has 128 valence electrons. The molecular formula is C21H22N2O2. The first-order valence-corrected chi connectivity index (χ1v) is 8.46. The van der Waals surface area contributed by atoms with Crippen molar-refractivity contribution in [2.45, 2.75) is 19.4 Å². The van der Waals surface area contributed by atoms with Crippen molar-refractivity contribution in [2.24, 2.45) is 0 Å². The fourth-order valence-electron chi connectivity index (χ4n) is 2.81. The quantitative estimate of drug-likeness (QED) is 0.691. The highest BCUT2D eigenvalue weighted by Gasteiger charge is 2.17. The second-order valence-corrected chi connectivity index (χ2v) is 5.77. The first-order chi connectivity index (χ1) is 12.3. The number of rotatable bonds is 7. The summed E-state index contributed by atoms with van der Waals surface area (Å²) < 4.78 is 7.48. The summed E-state index contributed by atoms with van der Waals surface area (Å²) in [4.78, 5) is 12.5. The van der Waals surface area contributed by atoms with Crippen molar-refractivity contribution in [3.8, 4) is 5.75 Å². The Morgan fingerprint density at radius 1 is 1.00 bits per heavy atom. The van der Waals surface area contributed by atoms with Gasteiger partial charge in [0.25, 0.3) is 0 Å². The van der Waals surface area contributed by atoms with Gasteiger partial charge in [0.1, 0.15) is 5.75 Å². The lowest BCUT2D eigenvalue weighted by molar-refractivity contribution is -0.116. The first-order valence-electron chi connectivity index (χ1n) is 8.46. The second-order valence-electron chi connectivity index (χ2n) is 5.77. The van der Waals surface area contributed by atoms with Crippen LogP contribution >= 0.6 is 0 Å². The van der Waals surface area contributed by atoms with Crippen molar-refractivity contribution in [1.29, 1.82) is 0 Å². The summed E-state index contributed by atoms with van der Waals surface area (Å²) in [5.74, 6) is 0.779. The molecular weight excluding hydrogens is 312 g/mol. The molecule has 2 aromatic carbocycles.